The summed E-state index contributed by atoms with van der Waals surface area (Å²) in [5.74, 6) is 1.82. The van der Waals surface area contributed by atoms with Gasteiger partial charge >= 0.3 is 0 Å². The lowest BCUT2D eigenvalue weighted by Gasteiger charge is -2.29. The van der Waals surface area contributed by atoms with Crippen LogP contribution in [0.1, 0.15) is 27.2 Å². The van der Waals surface area contributed by atoms with Gasteiger partial charge in [-0.05, 0) is 20.3 Å². The van der Waals surface area contributed by atoms with E-state index in [2.05, 4.69) is 41.0 Å². The molecule has 0 radical (unpaired) electrons. The molecule has 0 fully saturated rings. The second-order valence-electron chi connectivity index (χ2n) is 4.24. The zero-order chi connectivity index (χ0) is 13.4. The number of anilines is 2. The minimum absolute atomic E-state index is 0.435. The first-order chi connectivity index (χ1) is 8.72. The molecule has 0 amide bonds. The van der Waals surface area contributed by atoms with Crippen molar-refractivity contribution in [2.24, 2.45) is 0 Å². The van der Waals surface area contributed by atoms with Crippen LogP contribution in [0.15, 0.2) is 12.4 Å². The summed E-state index contributed by atoms with van der Waals surface area (Å²) in [4.78, 5) is 10.8. The van der Waals surface area contributed by atoms with Crippen LogP contribution in [0.2, 0.25) is 0 Å². The van der Waals surface area contributed by atoms with Crippen LogP contribution >= 0.6 is 0 Å². The van der Waals surface area contributed by atoms with E-state index in [1.807, 2.05) is 6.07 Å². The van der Waals surface area contributed by atoms with Crippen LogP contribution in [-0.2, 0) is 4.74 Å². The van der Waals surface area contributed by atoms with Gasteiger partial charge in [-0.2, -0.15) is 0 Å². The average molecular weight is 252 g/mol. The van der Waals surface area contributed by atoms with Crippen LogP contribution < -0.4 is 10.2 Å². The highest BCUT2D eigenvalue weighted by atomic mass is 16.5. The molecular formula is C13H24N4O. The summed E-state index contributed by atoms with van der Waals surface area (Å²) in [6.45, 7) is 8.83. The highest BCUT2D eigenvalue weighted by Crippen LogP contribution is 2.17. The maximum Gasteiger partial charge on any atom is 0.134 e. The van der Waals surface area contributed by atoms with E-state index in [1.54, 1.807) is 13.4 Å². The first-order valence-corrected chi connectivity index (χ1v) is 6.54. The van der Waals surface area contributed by atoms with E-state index in [4.69, 9.17) is 4.74 Å². The molecule has 1 N–H and O–H groups in total. The van der Waals surface area contributed by atoms with Gasteiger partial charge in [-0.1, -0.05) is 6.92 Å². The topological polar surface area (TPSA) is 50.3 Å². The first-order valence-electron chi connectivity index (χ1n) is 6.54. The lowest BCUT2D eigenvalue weighted by molar-refractivity contribution is 0.203. The molecule has 5 heteroatoms. The summed E-state index contributed by atoms with van der Waals surface area (Å²) in [6, 6.07) is 2.43. The van der Waals surface area contributed by atoms with Crippen molar-refractivity contribution in [3.05, 3.63) is 12.4 Å². The van der Waals surface area contributed by atoms with Gasteiger partial charge in [0.2, 0.25) is 0 Å². The fraction of sp³-hybridized carbons (Fsp3) is 0.692. The smallest absolute Gasteiger partial charge is 0.134 e. The first kappa shape index (κ1) is 14.7. The predicted molar refractivity (Wildman–Crippen MR) is 75.2 cm³/mol. The average Bonchev–Trinajstić information content (AvgIpc) is 2.39. The van der Waals surface area contributed by atoms with Crippen molar-refractivity contribution in [1.82, 2.24) is 9.97 Å². The second kappa shape index (κ2) is 7.87. The molecule has 0 aromatic carbocycles. The number of hydrogen-bond acceptors (Lipinski definition) is 5. The van der Waals surface area contributed by atoms with Crippen LogP contribution in [0.3, 0.4) is 0 Å². The molecule has 1 heterocycles. The summed E-state index contributed by atoms with van der Waals surface area (Å²) in [6.07, 6.45) is 2.68. The highest BCUT2D eigenvalue weighted by Gasteiger charge is 2.14. The quantitative estimate of drug-likeness (QED) is 0.768. The zero-order valence-electron chi connectivity index (χ0n) is 11.8. The van der Waals surface area contributed by atoms with Gasteiger partial charge in [0.05, 0.1) is 6.61 Å². The molecule has 0 aliphatic carbocycles. The third-order valence-corrected chi connectivity index (χ3v) is 2.96. The summed E-state index contributed by atoms with van der Waals surface area (Å²) < 4.78 is 5.17. The normalized spacial score (nSPS) is 12.2. The molecule has 102 valence electrons. The molecule has 0 saturated heterocycles. The number of aromatic nitrogens is 2. The van der Waals surface area contributed by atoms with Crippen molar-refractivity contribution >= 4 is 11.6 Å². The van der Waals surface area contributed by atoms with Crippen LogP contribution in [0, 0.1) is 0 Å². The Bertz CT molecular complexity index is 346. The van der Waals surface area contributed by atoms with Crippen molar-refractivity contribution in [3.63, 3.8) is 0 Å². The zero-order valence-corrected chi connectivity index (χ0v) is 11.8. The molecule has 0 aliphatic rings. The number of hydrogen-bond donors (Lipinski definition) is 1. The van der Waals surface area contributed by atoms with Gasteiger partial charge in [0.25, 0.3) is 0 Å². The number of nitrogens with zero attached hydrogens (tertiary/aromatic N) is 3. The number of ether oxygens (including phenoxy) is 1. The van der Waals surface area contributed by atoms with Gasteiger partial charge in [-0.25, -0.2) is 9.97 Å². The van der Waals surface area contributed by atoms with E-state index in [9.17, 15) is 0 Å². The van der Waals surface area contributed by atoms with Gasteiger partial charge in [0.1, 0.15) is 18.0 Å². The van der Waals surface area contributed by atoms with Crippen molar-refractivity contribution < 1.29 is 4.74 Å². The molecule has 0 bridgehead atoms. The molecule has 1 rings (SSSR count). The maximum absolute atomic E-state index is 5.17. The Kier molecular flexibility index (Phi) is 6.43. The molecule has 0 saturated carbocycles. The Morgan fingerprint density at radius 2 is 2.17 bits per heavy atom. The van der Waals surface area contributed by atoms with Gasteiger partial charge in [-0.15, -0.1) is 0 Å². The molecule has 5 nitrogen and oxygen atoms in total. The van der Waals surface area contributed by atoms with E-state index < -0.39 is 0 Å². The van der Waals surface area contributed by atoms with Crippen molar-refractivity contribution in [3.8, 4) is 0 Å². The molecule has 0 aliphatic heterocycles. The standard InChI is InChI=1S/C13H24N4O/c1-5-11(3)17(7-8-18-4)13-9-12(14-6-2)15-10-16-13/h9-11H,5-8H2,1-4H3,(H,14,15,16). The van der Waals surface area contributed by atoms with Gasteiger partial charge < -0.3 is 15.0 Å². The third-order valence-electron chi connectivity index (χ3n) is 2.96. The maximum atomic E-state index is 5.17. The Morgan fingerprint density at radius 1 is 1.39 bits per heavy atom. The van der Waals surface area contributed by atoms with Crippen LogP contribution in [0.25, 0.3) is 0 Å². The van der Waals surface area contributed by atoms with E-state index in [-0.39, 0.29) is 0 Å². The van der Waals surface area contributed by atoms with E-state index in [1.165, 1.54) is 0 Å². The highest BCUT2D eigenvalue weighted by molar-refractivity contribution is 5.48. The van der Waals surface area contributed by atoms with Gasteiger partial charge in [0.15, 0.2) is 0 Å². The van der Waals surface area contributed by atoms with Gasteiger partial charge in [0, 0.05) is 32.3 Å². The van der Waals surface area contributed by atoms with E-state index >= 15 is 0 Å². The molecule has 1 unspecified atom stereocenters. The minimum atomic E-state index is 0.435. The molecule has 1 atom stereocenters. The summed E-state index contributed by atoms with van der Waals surface area (Å²) in [5.41, 5.74) is 0. The summed E-state index contributed by atoms with van der Waals surface area (Å²) in [5, 5.41) is 3.21. The second-order valence-corrected chi connectivity index (χ2v) is 4.24. The van der Waals surface area contributed by atoms with Crippen LogP contribution in [0.4, 0.5) is 11.6 Å². The molecule has 1 aromatic rings. The molecular weight excluding hydrogens is 228 g/mol. The molecule has 1 aromatic heterocycles. The third kappa shape index (κ3) is 4.14. The largest absolute Gasteiger partial charge is 0.383 e. The number of nitrogens with one attached hydrogen (secondary N) is 1. The molecule has 0 spiro atoms. The number of rotatable bonds is 8. The number of methoxy groups -OCH3 is 1. The van der Waals surface area contributed by atoms with Crippen molar-refractivity contribution in [2.75, 3.05) is 37.0 Å². The summed E-state index contributed by atoms with van der Waals surface area (Å²) >= 11 is 0. The lowest BCUT2D eigenvalue weighted by Crippen LogP contribution is -2.36. The van der Waals surface area contributed by atoms with E-state index in [0.29, 0.717) is 12.6 Å². The van der Waals surface area contributed by atoms with Crippen LogP contribution in [0.5, 0.6) is 0 Å². The van der Waals surface area contributed by atoms with Gasteiger partial charge in [-0.3, -0.25) is 0 Å². The fourth-order valence-electron chi connectivity index (χ4n) is 1.75. The predicted octanol–water partition coefficient (Wildman–Crippen LogP) is 2.16. The summed E-state index contributed by atoms with van der Waals surface area (Å²) in [7, 11) is 1.72. The SMILES string of the molecule is CCNc1cc(N(CCOC)C(C)CC)ncn1. The lowest BCUT2D eigenvalue weighted by atomic mass is 10.2. The Hall–Kier alpha value is -1.36. The Morgan fingerprint density at radius 3 is 2.78 bits per heavy atom. The monoisotopic (exact) mass is 252 g/mol. The Labute approximate surface area is 110 Å². The molecule has 18 heavy (non-hydrogen) atoms. The van der Waals surface area contributed by atoms with Crippen molar-refractivity contribution in [2.45, 2.75) is 33.2 Å². The van der Waals surface area contributed by atoms with Crippen LogP contribution in [-0.4, -0.2) is 42.8 Å². The van der Waals surface area contributed by atoms with E-state index in [0.717, 1.165) is 31.1 Å². The Balaban J connectivity index is 2.85. The van der Waals surface area contributed by atoms with Crippen molar-refractivity contribution in [1.29, 1.82) is 0 Å². The minimum Gasteiger partial charge on any atom is -0.383 e. The fourth-order valence-corrected chi connectivity index (χ4v) is 1.75.